The first kappa shape index (κ1) is 11.5. The Bertz CT molecular complexity index is 752. The van der Waals surface area contributed by atoms with Gasteiger partial charge in [0.05, 0.1) is 11.1 Å². The van der Waals surface area contributed by atoms with Crippen LogP contribution in [-0.4, -0.2) is 20.1 Å². The van der Waals surface area contributed by atoms with Crippen LogP contribution in [-0.2, 0) is 0 Å². The summed E-state index contributed by atoms with van der Waals surface area (Å²) in [5.41, 5.74) is 0.455. The number of hydrogen-bond acceptors (Lipinski definition) is 3. The molecule has 0 amide bonds. The van der Waals surface area contributed by atoms with Crippen molar-refractivity contribution in [1.82, 2.24) is 15.0 Å². The van der Waals surface area contributed by atoms with Crippen molar-refractivity contribution in [2.75, 3.05) is 0 Å². The number of nitrogens with one attached hydrogen (secondary N) is 1. The van der Waals surface area contributed by atoms with E-state index in [4.69, 9.17) is 5.11 Å². The van der Waals surface area contributed by atoms with E-state index in [0.29, 0.717) is 17.2 Å². The normalized spacial score (nSPS) is 11.1. The van der Waals surface area contributed by atoms with Gasteiger partial charge in [0.15, 0.2) is 23.0 Å². The highest BCUT2D eigenvalue weighted by atomic mass is 19.2. The fourth-order valence-electron chi connectivity index (χ4n) is 1.74. The van der Waals surface area contributed by atoms with Gasteiger partial charge in [0.2, 0.25) is 5.82 Å². The second kappa shape index (κ2) is 3.98. The van der Waals surface area contributed by atoms with Gasteiger partial charge in [-0.05, 0) is 18.2 Å². The van der Waals surface area contributed by atoms with Gasteiger partial charge in [-0.1, -0.05) is 0 Å². The molecule has 4 nitrogen and oxygen atoms in total. The van der Waals surface area contributed by atoms with Crippen LogP contribution in [0.1, 0.15) is 0 Å². The molecule has 7 heteroatoms. The van der Waals surface area contributed by atoms with E-state index in [1.807, 2.05) is 0 Å². The molecule has 0 bridgehead atoms. The summed E-state index contributed by atoms with van der Waals surface area (Å²) in [5.74, 6) is -5.68. The average Bonchev–Trinajstić information content (AvgIpc) is 2.84. The zero-order valence-electron chi connectivity index (χ0n) is 9.28. The van der Waals surface area contributed by atoms with Gasteiger partial charge in [-0.2, -0.15) is 4.39 Å². The highest BCUT2D eigenvalue weighted by Crippen LogP contribution is 2.31. The molecule has 0 saturated carbocycles. The Morgan fingerprint density at radius 1 is 1.16 bits per heavy atom. The fraction of sp³-hybridized carbons (Fsp3) is 0. The Hall–Kier alpha value is -2.57. The van der Waals surface area contributed by atoms with Crippen LogP contribution in [0.4, 0.5) is 13.2 Å². The molecule has 0 saturated heterocycles. The summed E-state index contributed by atoms with van der Waals surface area (Å²) in [7, 11) is 0. The maximum atomic E-state index is 13.7. The largest absolute Gasteiger partial charge is 0.503 e. The molecule has 0 radical (unpaired) electrons. The minimum absolute atomic E-state index is 0.0413. The van der Waals surface area contributed by atoms with Crippen LogP contribution in [0.5, 0.6) is 5.75 Å². The molecule has 0 unspecified atom stereocenters. The maximum absolute atomic E-state index is 13.7. The van der Waals surface area contributed by atoms with Crippen molar-refractivity contribution < 1.29 is 18.3 Å². The molecule has 2 N–H and O–H groups in total. The lowest BCUT2D eigenvalue weighted by atomic mass is 10.1. The number of fused-ring (bicyclic) bond motifs is 1. The summed E-state index contributed by atoms with van der Waals surface area (Å²) in [6.07, 6.45) is 1.49. The second-order valence-corrected chi connectivity index (χ2v) is 3.84. The average molecular weight is 265 g/mol. The van der Waals surface area contributed by atoms with E-state index in [2.05, 4.69) is 15.0 Å². The quantitative estimate of drug-likeness (QED) is 0.665. The summed E-state index contributed by atoms with van der Waals surface area (Å²) in [6.45, 7) is 0. The van der Waals surface area contributed by atoms with E-state index in [1.165, 1.54) is 6.20 Å². The van der Waals surface area contributed by atoms with Crippen molar-refractivity contribution in [2.24, 2.45) is 0 Å². The number of aromatic amines is 1. The van der Waals surface area contributed by atoms with Crippen LogP contribution in [0, 0.1) is 17.5 Å². The summed E-state index contributed by atoms with van der Waals surface area (Å²) < 4.78 is 39.9. The number of hydrogen-bond donors (Lipinski definition) is 2. The van der Waals surface area contributed by atoms with E-state index in [9.17, 15) is 13.2 Å². The van der Waals surface area contributed by atoms with Crippen molar-refractivity contribution >= 4 is 11.2 Å². The minimum Gasteiger partial charge on any atom is -0.503 e. The molecule has 2 aromatic heterocycles. The SMILES string of the molecule is Oc1c(F)c(F)cc(-c2nc3ncccc3[nH]2)c1F. The number of benzene rings is 1. The van der Waals surface area contributed by atoms with E-state index in [0.717, 1.165) is 0 Å². The van der Waals surface area contributed by atoms with Crippen LogP contribution in [0.3, 0.4) is 0 Å². The van der Waals surface area contributed by atoms with Crippen molar-refractivity contribution in [3.05, 3.63) is 41.8 Å². The molecule has 0 fully saturated rings. The molecule has 0 aliphatic rings. The first-order valence-corrected chi connectivity index (χ1v) is 5.25. The van der Waals surface area contributed by atoms with Crippen LogP contribution in [0.15, 0.2) is 24.4 Å². The number of aromatic hydroxyl groups is 1. The molecule has 0 aliphatic heterocycles. The molecule has 1 aromatic carbocycles. The van der Waals surface area contributed by atoms with Crippen molar-refractivity contribution in [1.29, 1.82) is 0 Å². The summed E-state index contributed by atoms with van der Waals surface area (Å²) in [4.78, 5) is 10.6. The Balaban J connectivity index is 2.27. The zero-order chi connectivity index (χ0) is 13.6. The Labute approximate surface area is 104 Å². The van der Waals surface area contributed by atoms with E-state index in [1.54, 1.807) is 12.1 Å². The zero-order valence-corrected chi connectivity index (χ0v) is 9.28. The van der Waals surface area contributed by atoms with E-state index >= 15 is 0 Å². The third-order valence-corrected chi connectivity index (χ3v) is 2.65. The molecule has 3 rings (SSSR count). The summed E-state index contributed by atoms with van der Waals surface area (Å²) in [6, 6.07) is 3.92. The molecular weight excluding hydrogens is 259 g/mol. The molecule has 96 valence electrons. The smallest absolute Gasteiger partial charge is 0.203 e. The minimum atomic E-state index is -1.63. The monoisotopic (exact) mass is 265 g/mol. The molecule has 0 atom stereocenters. The number of rotatable bonds is 1. The number of imidazole rings is 1. The predicted octanol–water partition coefficient (Wildman–Crippen LogP) is 2.75. The highest BCUT2D eigenvalue weighted by Gasteiger charge is 2.21. The molecular formula is C12H6F3N3O. The number of phenolic OH excluding ortho intramolecular Hbond substituents is 1. The molecule has 2 heterocycles. The van der Waals surface area contributed by atoms with Crippen molar-refractivity contribution in [3.63, 3.8) is 0 Å². The second-order valence-electron chi connectivity index (χ2n) is 3.84. The lowest BCUT2D eigenvalue weighted by molar-refractivity contribution is 0.377. The van der Waals surface area contributed by atoms with Gasteiger partial charge < -0.3 is 10.1 Å². The van der Waals surface area contributed by atoms with Gasteiger partial charge in [-0.25, -0.2) is 18.7 Å². The standard InChI is InChI=1S/C12H6F3N3O/c13-6-4-5(8(14)10(19)9(6)15)11-17-7-2-1-3-16-12(7)18-11/h1-4,19H,(H,16,17,18). The van der Waals surface area contributed by atoms with E-state index in [-0.39, 0.29) is 11.4 Å². The summed E-state index contributed by atoms with van der Waals surface area (Å²) >= 11 is 0. The van der Waals surface area contributed by atoms with Gasteiger partial charge in [-0.3, -0.25) is 0 Å². The predicted molar refractivity (Wildman–Crippen MR) is 60.9 cm³/mol. The third-order valence-electron chi connectivity index (χ3n) is 2.65. The van der Waals surface area contributed by atoms with Crippen LogP contribution < -0.4 is 0 Å². The van der Waals surface area contributed by atoms with Gasteiger partial charge in [0.1, 0.15) is 5.82 Å². The fourth-order valence-corrected chi connectivity index (χ4v) is 1.74. The number of pyridine rings is 1. The van der Waals surface area contributed by atoms with Gasteiger partial charge in [0, 0.05) is 6.20 Å². The Kier molecular flexibility index (Phi) is 2.41. The number of nitrogens with zero attached hydrogens (tertiary/aromatic N) is 2. The Morgan fingerprint density at radius 2 is 1.95 bits per heavy atom. The first-order chi connectivity index (χ1) is 9.08. The van der Waals surface area contributed by atoms with Gasteiger partial charge in [-0.15, -0.1) is 0 Å². The van der Waals surface area contributed by atoms with Crippen LogP contribution in [0.25, 0.3) is 22.6 Å². The van der Waals surface area contributed by atoms with Crippen LogP contribution >= 0.6 is 0 Å². The molecule has 0 aliphatic carbocycles. The Morgan fingerprint density at radius 3 is 2.68 bits per heavy atom. The summed E-state index contributed by atoms with van der Waals surface area (Å²) in [5, 5.41) is 9.16. The topological polar surface area (TPSA) is 61.8 Å². The number of H-pyrrole nitrogens is 1. The van der Waals surface area contributed by atoms with Crippen LogP contribution in [0.2, 0.25) is 0 Å². The lowest BCUT2D eigenvalue weighted by Crippen LogP contribution is -1.94. The van der Waals surface area contributed by atoms with Crippen molar-refractivity contribution in [2.45, 2.75) is 0 Å². The number of halogens is 3. The maximum Gasteiger partial charge on any atom is 0.203 e. The lowest BCUT2D eigenvalue weighted by Gasteiger charge is -2.03. The third kappa shape index (κ3) is 1.70. The highest BCUT2D eigenvalue weighted by molar-refractivity contribution is 5.76. The number of aromatic nitrogens is 3. The molecule has 0 spiro atoms. The first-order valence-electron chi connectivity index (χ1n) is 5.25. The van der Waals surface area contributed by atoms with Crippen molar-refractivity contribution in [3.8, 4) is 17.1 Å². The van der Waals surface area contributed by atoms with Gasteiger partial charge in [0.25, 0.3) is 0 Å². The molecule has 3 aromatic rings. The van der Waals surface area contributed by atoms with Gasteiger partial charge >= 0.3 is 0 Å². The number of phenols is 1. The molecule has 19 heavy (non-hydrogen) atoms. The van der Waals surface area contributed by atoms with E-state index < -0.39 is 23.2 Å².